The summed E-state index contributed by atoms with van der Waals surface area (Å²) in [5.74, 6) is -2.25. The average Bonchev–Trinajstić information content (AvgIpc) is 2.83. The number of ether oxygens (including phenoxy) is 1. The van der Waals surface area contributed by atoms with Gasteiger partial charge in [0.15, 0.2) is 18.2 Å². The van der Waals surface area contributed by atoms with Crippen LogP contribution >= 0.6 is 22.9 Å². The number of hydrogen-bond donors (Lipinski definition) is 1. The Morgan fingerprint density at radius 2 is 2.05 bits per heavy atom. The van der Waals surface area contributed by atoms with Crippen LogP contribution in [-0.2, 0) is 11.3 Å². The van der Waals surface area contributed by atoms with Gasteiger partial charge in [-0.1, -0.05) is 11.6 Å². The van der Waals surface area contributed by atoms with E-state index < -0.39 is 11.6 Å². The number of amides is 1. The van der Waals surface area contributed by atoms with Crippen molar-refractivity contribution in [1.82, 2.24) is 5.32 Å². The molecule has 1 aromatic heterocycles. The van der Waals surface area contributed by atoms with E-state index in [0.717, 1.165) is 17.0 Å². The van der Waals surface area contributed by atoms with Gasteiger partial charge in [0.25, 0.3) is 5.91 Å². The number of rotatable bonds is 5. The highest BCUT2D eigenvalue weighted by Gasteiger charge is 2.07. The molecular formula is C13H10ClF2NO2S. The summed E-state index contributed by atoms with van der Waals surface area (Å²) in [6.45, 7) is 0.0710. The van der Waals surface area contributed by atoms with Crippen molar-refractivity contribution in [3.63, 3.8) is 0 Å². The SMILES string of the molecule is O=C(COc1ccc(F)c(F)c1)NCc1ccc(Cl)s1. The predicted octanol–water partition coefficient (Wildman–Crippen LogP) is 3.37. The van der Waals surface area contributed by atoms with Crippen molar-refractivity contribution >= 4 is 28.8 Å². The fourth-order valence-corrected chi connectivity index (χ4v) is 2.43. The molecule has 0 saturated heterocycles. The molecule has 0 saturated carbocycles. The molecule has 0 unspecified atom stereocenters. The van der Waals surface area contributed by atoms with Gasteiger partial charge in [-0.3, -0.25) is 4.79 Å². The number of hydrogen-bond acceptors (Lipinski definition) is 3. The number of nitrogens with one attached hydrogen (secondary N) is 1. The molecule has 7 heteroatoms. The number of thiophene rings is 1. The zero-order chi connectivity index (χ0) is 14.5. The Balaban J connectivity index is 1.78. The topological polar surface area (TPSA) is 38.3 Å². The fourth-order valence-electron chi connectivity index (χ4n) is 1.40. The van der Waals surface area contributed by atoms with Crippen LogP contribution in [0.3, 0.4) is 0 Å². The summed E-state index contributed by atoms with van der Waals surface area (Å²) in [4.78, 5) is 12.4. The van der Waals surface area contributed by atoms with Gasteiger partial charge < -0.3 is 10.1 Å². The monoisotopic (exact) mass is 317 g/mol. The number of carbonyl (C=O) groups excluding carboxylic acids is 1. The lowest BCUT2D eigenvalue weighted by molar-refractivity contribution is -0.123. The summed E-state index contributed by atoms with van der Waals surface area (Å²) in [6, 6.07) is 6.64. The van der Waals surface area contributed by atoms with Gasteiger partial charge in [-0.2, -0.15) is 0 Å². The van der Waals surface area contributed by atoms with E-state index in [1.54, 1.807) is 6.07 Å². The largest absolute Gasteiger partial charge is 0.484 e. The van der Waals surface area contributed by atoms with Crippen molar-refractivity contribution in [2.75, 3.05) is 6.61 Å². The van der Waals surface area contributed by atoms with Gasteiger partial charge in [-0.25, -0.2) is 8.78 Å². The maximum absolute atomic E-state index is 12.9. The van der Waals surface area contributed by atoms with Gasteiger partial charge in [-0.05, 0) is 24.3 Å². The van der Waals surface area contributed by atoms with E-state index in [0.29, 0.717) is 10.9 Å². The van der Waals surface area contributed by atoms with E-state index in [4.69, 9.17) is 16.3 Å². The van der Waals surface area contributed by atoms with Gasteiger partial charge in [0, 0.05) is 10.9 Å². The molecular weight excluding hydrogens is 308 g/mol. The average molecular weight is 318 g/mol. The first-order valence-electron chi connectivity index (χ1n) is 5.63. The van der Waals surface area contributed by atoms with E-state index >= 15 is 0 Å². The molecule has 1 N–H and O–H groups in total. The zero-order valence-electron chi connectivity index (χ0n) is 10.2. The van der Waals surface area contributed by atoms with Gasteiger partial charge in [0.2, 0.25) is 0 Å². The van der Waals surface area contributed by atoms with Crippen LogP contribution in [0.1, 0.15) is 4.88 Å². The minimum atomic E-state index is -1.02. The molecule has 1 amide bonds. The Kier molecular flexibility index (Phi) is 4.92. The Bertz CT molecular complexity index is 618. The molecule has 0 fully saturated rings. The van der Waals surface area contributed by atoms with Crippen LogP contribution in [0.25, 0.3) is 0 Å². The second-order valence-electron chi connectivity index (χ2n) is 3.85. The number of carbonyl (C=O) groups is 1. The molecule has 106 valence electrons. The third-order valence-electron chi connectivity index (χ3n) is 2.35. The highest BCUT2D eigenvalue weighted by Crippen LogP contribution is 2.21. The maximum Gasteiger partial charge on any atom is 0.258 e. The molecule has 1 heterocycles. The minimum absolute atomic E-state index is 0.0956. The predicted molar refractivity (Wildman–Crippen MR) is 73.0 cm³/mol. The standard InChI is InChI=1S/C13H10ClF2NO2S/c14-12-4-2-9(20-12)6-17-13(18)7-19-8-1-3-10(15)11(16)5-8/h1-5H,6-7H2,(H,17,18). The lowest BCUT2D eigenvalue weighted by Gasteiger charge is -2.07. The molecule has 1 aromatic carbocycles. The van der Waals surface area contributed by atoms with E-state index in [1.165, 1.54) is 17.4 Å². The van der Waals surface area contributed by atoms with Crippen molar-refractivity contribution < 1.29 is 18.3 Å². The fraction of sp³-hybridized carbons (Fsp3) is 0.154. The van der Waals surface area contributed by atoms with Gasteiger partial charge in [0.05, 0.1) is 10.9 Å². The highest BCUT2D eigenvalue weighted by molar-refractivity contribution is 7.16. The number of benzene rings is 1. The summed E-state index contributed by atoms with van der Waals surface area (Å²) in [5.41, 5.74) is 0. The lowest BCUT2D eigenvalue weighted by atomic mass is 10.3. The Hall–Kier alpha value is -1.66. The second-order valence-corrected chi connectivity index (χ2v) is 5.65. The van der Waals surface area contributed by atoms with Gasteiger partial charge in [0.1, 0.15) is 5.75 Å². The minimum Gasteiger partial charge on any atom is -0.484 e. The zero-order valence-corrected chi connectivity index (χ0v) is 11.7. The molecule has 0 radical (unpaired) electrons. The molecule has 2 rings (SSSR count). The number of halogens is 3. The van der Waals surface area contributed by atoms with Crippen LogP contribution in [0, 0.1) is 11.6 Å². The third-order valence-corrected chi connectivity index (χ3v) is 3.58. The molecule has 20 heavy (non-hydrogen) atoms. The van der Waals surface area contributed by atoms with Crippen LogP contribution in [0.5, 0.6) is 5.75 Å². The van der Waals surface area contributed by atoms with Crippen LogP contribution in [0.4, 0.5) is 8.78 Å². The third kappa shape index (κ3) is 4.18. The van der Waals surface area contributed by atoms with Crippen molar-refractivity contribution in [2.45, 2.75) is 6.54 Å². The molecule has 0 aliphatic rings. The summed E-state index contributed by atoms with van der Waals surface area (Å²) in [6.07, 6.45) is 0. The highest BCUT2D eigenvalue weighted by atomic mass is 35.5. The van der Waals surface area contributed by atoms with E-state index in [2.05, 4.69) is 5.32 Å². The molecule has 3 nitrogen and oxygen atoms in total. The van der Waals surface area contributed by atoms with Crippen LogP contribution in [0.2, 0.25) is 4.34 Å². The van der Waals surface area contributed by atoms with Crippen molar-refractivity contribution in [3.8, 4) is 5.75 Å². The summed E-state index contributed by atoms with van der Waals surface area (Å²) < 4.78 is 31.3. The van der Waals surface area contributed by atoms with Crippen LogP contribution < -0.4 is 10.1 Å². The Labute approximate surface area is 123 Å². The summed E-state index contributed by atoms with van der Waals surface area (Å²) >= 11 is 7.13. The normalized spacial score (nSPS) is 10.3. The first-order valence-corrected chi connectivity index (χ1v) is 6.83. The van der Waals surface area contributed by atoms with Gasteiger partial charge >= 0.3 is 0 Å². The van der Waals surface area contributed by atoms with E-state index in [-0.39, 0.29) is 18.3 Å². The van der Waals surface area contributed by atoms with Gasteiger partial charge in [-0.15, -0.1) is 11.3 Å². The Morgan fingerprint density at radius 3 is 2.70 bits per heavy atom. The maximum atomic E-state index is 12.9. The van der Waals surface area contributed by atoms with Crippen molar-refractivity contribution in [2.24, 2.45) is 0 Å². The van der Waals surface area contributed by atoms with E-state index in [9.17, 15) is 13.6 Å². The second kappa shape index (κ2) is 6.67. The van der Waals surface area contributed by atoms with Crippen molar-refractivity contribution in [3.05, 3.63) is 51.2 Å². The first kappa shape index (κ1) is 14.7. The smallest absolute Gasteiger partial charge is 0.258 e. The van der Waals surface area contributed by atoms with Crippen molar-refractivity contribution in [1.29, 1.82) is 0 Å². The Morgan fingerprint density at radius 1 is 1.25 bits per heavy atom. The van der Waals surface area contributed by atoms with E-state index in [1.807, 2.05) is 6.07 Å². The molecule has 0 aliphatic carbocycles. The molecule has 2 aromatic rings. The van der Waals surface area contributed by atoms with Crippen LogP contribution in [-0.4, -0.2) is 12.5 Å². The lowest BCUT2D eigenvalue weighted by Crippen LogP contribution is -2.28. The summed E-state index contributed by atoms with van der Waals surface area (Å²) in [7, 11) is 0. The molecule has 0 spiro atoms. The molecule has 0 bridgehead atoms. The molecule has 0 aliphatic heterocycles. The first-order chi connectivity index (χ1) is 9.54. The quantitative estimate of drug-likeness (QED) is 0.918. The van der Waals surface area contributed by atoms with Crippen LogP contribution in [0.15, 0.2) is 30.3 Å². The molecule has 0 atom stereocenters. The summed E-state index contributed by atoms with van der Waals surface area (Å²) in [5, 5.41) is 2.63.